The zero-order valence-corrected chi connectivity index (χ0v) is 8.71. The Balaban J connectivity index is -0.0000000412. The van der Waals surface area contributed by atoms with Gasteiger partial charge in [0.2, 0.25) is 0 Å². The van der Waals surface area contributed by atoms with Crippen molar-refractivity contribution in [3.05, 3.63) is 13.8 Å². The number of rotatable bonds is 3. The summed E-state index contributed by atoms with van der Waals surface area (Å²) in [6.07, 6.45) is 5.07. The molecule has 10 heavy (non-hydrogen) atoms. The van der Waals surface area contributed by atoms with E-state index in [1.54, 1.807) is 6.92 Å². The van der Waals surface area contributed by atoms with E-state index in [-0.39, 0.29) is 27.2 Å². The summed E-state index contributed by atoms with van der Waals surface area (Å²) in [5.41, 5.74) is 0. The van der Waals surface area contributed by atoms with Gasteiger partial charge in [-0.25, -0.2) is 0 Å². The second-order valence-electron chi connectivity index (χ2n) is 1.56. The van der Waals surface area contributed by atoms with Gasteiger partial charge in [-0.05, 0) is 0 Å². The van der Waals surface area contributed by atoms with E-state index in [1.165, 1.54) is 19.3 Å². The predicted octanol–water partition coefficient (Wildman–Crippen LogP) is 3.12. The van der Waals surface area contributed by atoms with E-state index in [9.17, 15) is 0 Å². The Hall–Kier alpha value is 0.674. The molecular formula is C8H18OTi. The zero-order valence-electron chi connectivity index (χ0n) is 7.15. The second-order valence-corrected chi connectivity index (χ2v) is 1.56. The molecule has 0 aromatic heterocycles. The second kappa shape index (κ2) is 33.3. The molecule has 0 N–H and O–H groups in total. The summed E-state index contributed by atoms with van der Waals surface area (Å²) >= 11 is 0. The first-order chi connectivity index (χ1) is 3.91. The van der Waals surface area contributed by atoms with E-state index in [1.807, 2.05) is 0 Å². The fourth-order valence-electron chi connectivity index (χ4n) is 0.427. The Labute approximate surface area is 80.8 Å². The molecule has 0 heterocycles. The van der Waals surface area contributed by atoms with Crippen LogP contribution in [0.15, 0.2) is 0 Å². The van der Waals surface area contributed by atoms with Crippen LogP contribution in [-0.2, 0) is 27.2 Å². The third-order valence-corrected chi connectivity index (χ3v) is 0.854. The molecule has 0 aromatic carbocycles. The van der Waals surface area contributed by atoms with Crippen molar-refractivity contribution < 1.29 is 27.2 Å². The third kappa shape index (κ3) is 37.8. The maximum atomic E-state index is 3.72. The average molecular weight is 178 g/mol. The summed E-state index contributed by atoms with van der Waals surface area (Å²) in [6.45, 7) is 10.9. The Bertz CT molecular complexity index is 21.2. The van der Waals surface area contributed by atoms with Crippen molar-refractivity contribution in [1.82, 2.24) is 0 Å². The van der Waals surface area contributed by atoms with Crippen molar-refractivity contribution in [3.63, 3.8) is 0 Å². The topological polar surface area (TPSA) is 28.5 Å². The molecule has 0 fully saturated rings. The monoisotopic (exact) mass is 178 g/mol. The first kappa shape index (κ1) is 22.4. The minimum atomic E-state index is 0. The van der Waals surface area contributed by atoms with Crippen molar-refractivity contribution in [2.75, 3.05) is 0 Å². The summed E-state index contributed by atoms with van der Waals surface area (Å²) < 4.78 is 0. The minimum absolute atomic E-state index is 0. The number of unbranched alkanes of at least 4 members (excludes halogenated alkanes) is 3. The van der Waals surface area contributed by atoms with Crippen molar-refractivity contribution in [2.45, 2.75) is 39.5 Å². The van der Waals surface area contributed by atoms with Crippen LogP contribution in [0, 0.1) is 13.8 Å². The van der Waals surface area contributed by atoms with Gasteiger partial charge in [-0.2, -0.15) is 13.3 Å². The van der Waals surface area contributed by atoms with Crippen LogP contribution in [0.2, 0.25) is 0 Å². The predicted molar refractivity (Wildman–Crippen MR) is 41.2 cm³/mol. The fraction of sp³-hybridized carbons (Fsp3) is 0.750. The van der Waals surface area contributed by atoms with E-state index < -0.39 is 0 Å². The zero-order chi connectivity index (χ0) is 6.83. The van der Waals surface area contributed by atoms with Gasteiger partial charge in [0.25, 0.3) is 0 Å². The summed E-state index contributed by atoms with van der Waals surface area (Å²) in [7, 11) is 0. The molecule has 0 aliphatic heterocycles. The smallest absolute Gasteiger partial charge is 2.00 e. The van der Waals surface area contributed by atoms with Crippen molar-refractivity contribution >= 4 is 0 Å². The molecular weight excluding hydrogens is 160 g/mol. The molecule has 0 rings (SSSR count). The Morgan fingerprint density at radius 3 is 1.60 bits per heavy atom. The van der Waals surface area contributed by atoms with Crippen molar-refractivity contribution in [2.24, 2.45) is 0 Å². The molecule has 0 aromatic rings. The molecule has 0 amide bonds. The standard InChI is InChI=1S/C6H13.C2H5.O.Ti/c1-3-5-6-4-2;1-2;;/h1,3-6H2,2H3;1H2,2H3;;/q2*-1;-2;+4. The van der Waals surface area contributed by atoms with Gasteiger partial charge < -0.3 is 19.3 Å². The van der Waals surface area contributed by atoms with Gasteiger partial charge in [0.15, 0.2) is 0 Å². The normalized spacial score (nSPS) is 6.00. The molecule has 0 unspecified atom stereocenters. The number of hydrogen-bond acceptors (Lipinski definition) is 0. The Morgan fingerprint density at radius 2 is 1.50 bits per heavy atom. The largest absolute Gasteiger partial charge is 4.00 e. The molecule has 60 valence electrons. The van der Waals surface area contributed by atoms with Gasteiger partial charge in [0, 0.05) is 0 Å². The van der Waals surface area contributed by atoms with Gasteiger partial charge in [0.05, 0.1) is 0 Å². The molecule has 0 radical (unpaired) electrons. The number of hydrogen-bond donors (Lipinski definition) is 0. The molecule has 0 atom stereocenters. The summed E-state index contributed by atoms with van der Waals surface area (Å²) in [4.78, 5) is 0. The first-order valence-corrected chi connectivity index (χ1v) is 3.41. The van der Waals surface area contributed by atoms with Crippen LogP contribution in [0.4, 0.5) is 0 Å². The third-order valence-electron chi connectivity index (χ3n) is 0.854. The van der Waals surface area contributed by atoms with Crippen LogP contribution < -0.4 is 0 Å². The average Bonchev–Trinajstić information content (AvgIpc) is 1.88. The first-order valence-electron chi connectivity index (χ1n) is 3.41. The molecule has 0 aliphatic carbocycles. The van der Waals surface area contributed by atoms with Gasteiger partial charge in [-0.3, -0.25) is 0 Å². The minimum Gasteiger partial charge on any atom is -2.00 e. The summed E-state index contributed by atoms with van der Waals surface area (Å²) in [6, 6.07) is 0. The van der Waals surface area contributed by atoms with Gasteiger partial charge in [-0.15, -0.1) is 0 Å². The Morgan fingerprint density at radius 1 is 1.10 bits per heavy atom. The molecule has 1 nitrogen and oxygen atoms in total. The SMILES string of the molecule is [CH2-]C.[CH2-]CCCCC.[O-2].[Ti+4]. The van der Waals surface area contributed by atoms with Gasteiger partial charge in [-0.1, -0.05) is 26.2 Å². The molecule has 2 heteroatoms. The molecule has 0 saturated heterocycles. The molecule has 0 saturated carbocycles. The van der Waals surface area contributed by atoms with Crippen LogP contribution in [0.1, 0.15) is 39.5 Å². The quantitative estimate of drug-likeness (QED) is 0.361. The fourth-order valence-corrected chi connectivity index (χ4v) is 0.427. The molecule has 0 aliphatic rings. The maximum Gasteiger partial charge on any atom is 4.00 e. The molecule has 0 spiro atoms. The summed E-state index contributed by atoms with van der Waals surface area (Å²) in [5.74, 6) is 0. The molecule has 0 bridgehead atoms. The van der Waals surface area contributed by atoms with Crippen LogP contribution in [0.25, 0.3) is 0 Å². The summed E-state index contributed by atoms with van der Waals surface area (Å²) in [5, 5.41) is 0. The van der Waals surface area contributed by atoms with Crippen LogP contribution >= 0.6 is 0 Å². The van der Waals surface area contributed by atoms with E-state index >= 15 is 0 Å². The van der Waals surface area contributed by atoms with E-state index in [0.29, 0.717) is 0 Å². The van der Waals surface area contributed by atoms with Crippen LogP contribution in [0.3, 0.4) is 0 Å². The van der Waals surface area contributed by atoms with E-state index in [0.717, 1.165) is 6.42 Å². The maximum absolute atomic E-state index is 3.72. The van der Waals surface area contributed by atoms with Gasteiger partial charge >= 0.3 is 21.7 Å². The van der Waals surface area contributed by atoms with Crippen LogP contribution in [0.5, 0.6) is 0 Å². The van der Waals surface area contributed by atoms with Gasteiger partial charge in [0.1, 0.15) is 0 Å². The van der Waals surface area contributed by atoms with Crippen molar-refractivity contribution in [1.29, 1.82) is 0 Å². The van der Waals surface area contributed by atoms with Crippen molar-refractivity contribution in [3.8, 4) is 0 Å². The Kier molecular flexibility index (Phi) is 74.7. The van der Waals surface area contributed by atoms with E-state index in [4.69, 9.17) is 0 Å². The van der Waals surface area contributed by atoms with E-state index in [2.05, 4.69) is 20.8 Å². The van der Waals surface area contributed by atoms with Crippen LogP contribution in [-0.4, -0.2) is 0 Å².